The molecule has 1 heterocycles. The molecule has 1 fully saturated rings. The van der Waals surface area contributed by atoms with Gasteiger partial charge in [0.2, 0.25) is 12.3 Å². The van der Waals surface area contributed by atoms with E-state index in [1.807, 2.05) is 12.1 Å². The zero-order valence-electron chi connectivity index (χ0n) is 10.6. The molecule has 4 nitrogen and oxygen atoms in total. The van der Waals surface area contributed by atoms with Gasteiger partial charge in [-0.25, -0.2) is 0 Å². The first kappa shape index (κ1) is 13.9. The molecule has 0 bridgehead atoms. The summed E-state index contributed by atoms with van der Waals surface area (Å²) in [4.78, 5) is 24.6. The Morgan fingerprint density at radius 1 is 1.37 bits per heavy atom. The molecule has 1 aromatic carbocycles. The lowest BCUT2D eigenvalue weighted by atomic mass is 10.0. The Bertz CT molecular complexity index is 447. The SMILES string of the molecule is O=CN1CCCC[C@H]1C(=O)NCc1ccc(Cl)cc1. The van der Waals surface area contributed by atoms with Crippen molar-refractivity contribution in [3.63, 3.8) is 0 Å². The summed E-state index contributed by atoms with van der Waals surface area (Å²) in [5.41, 5.74) is 0.992. The Labute approximate surface area is 117 Å². The molecule has 0 aliphatic carbocycles. The zero-order valence-corrected chi connectivity index (χ0v) is 11.4. The minimum absolute atomic E-state index is 0.0817. The monoisotopic (exact) mass is 280 g/mol. The maximum atomic E-state index is 12.1. The Hall–Kier alpha value is -1.55. The first-order chi connectivity index (χ1) is 9.20. The fourth-order valence-electron chi connectivity index (χ4n) is 2.27. The number of nitrogens with zero attached hydrogens (tertiary/aromatic N) is 1. The number of carbonyl (C=O) groups is 2. The highest BCUT2D eigenvalue weighted by molar-refractivity contribution is 6.30. The first-order valence-corrected chi connectivity index (χ1v) is 6.81. The van der Waals surface area contributed by atoms with Gasteiger partial charge in [-0.2, -0.15) is 0 Å². The summed E-state index contributed by atoms with van der Waals surface area (Å²) < 4.78 is 0. The predicted molar refractivity (Wildman–Crippen MR) is 73.7 cm³/mol. The van der Waals surface area contributed by atoms with E-state index in [1.54, 1.807) is 17.0 Å². The number of rotatable bonds is 4. The van der Waals surface area contributed by atoms with Crippen LogP contribution in [-0.4, -0.2) is 29.8 Å². The largest absolute Gasteiger partial charge is 0.350 e. The molecule has 2 rings (SSSR count). The highest BCUT2D eigenvalue weighted by atomic mass is 35.5. The number of piperidine rings is 1. The smallest absolute Gasteiger partial charge is 0.243 e. The second kappa shape index (κ2) is 6.57. The van der Waals surface area contributed by atoms with Gasteiger partial charge in [-0.05, 0) is 37.0 Å². The van der Waals surface area contributed by atoms with Crippen LogP contribution in [0.5, 0.6) is 0 Å². The van der Waals surface area contributed by atoms with Gasteiger partial charge in [0.25, 0.3) is 0 Å². The Balaban J connectivity index is 1.89. The van der Waals surface area contributed by atoms with Crippen molar-refractivity contribution >= 4 is 23.9 Å². The van der Waals surface area contributed by atoms with Crippen LogP contribution in [-0.2, 0) is 16.1 Å². The number of amides is 2. The van der Waals surface area contributed by atoms with Crippen LogP contribution in [0.1, 0.15) is 24.8 Å². The maximum Gasteiger partial charge on any atom is 0.243 e. The molecule has 2 amide bonds. The molecular weight excluding hydrogens is 264 g/mol. The normalized spacial score (nSPS) is 19.0. The summed E-state index contributed by atoms with van der Waals surface area (Å²) in [6, 6.07) is 7.02. The molecule has 1 aliphatic rings. The fraction of sp³-hybridized carbons (Fsp3) is 0.429. The molecule has 0 saturated carbocycles. The van der Waals surface area contributed by atoms with Crippen molar-refractivity contribution in [2.45, 2.75) is 31.8 Å². The van der Waals surface area contributed by atoms with E-state index in [9.17, 15) is 9.59 Å². The van der Waals surface area contributed by atoms with Gasteiger partial charge in [0, 0.05) is 18.1 Å². The van der Waals surface area contributed by atoms with E-state index < -0.39 is 0 Å². The Morgan fingerprint density at radius 3 is 2.79 bits per heavy atom. The van der Waals surface area contributed by atoms with Crippen LogP contribution in [0.15, 0.2) is 24.3 Å². The van der Waals surface area contributed by atoms with Crippen LogP contribution in [0.4, 0.5) is 0 Å². The van der Waals surface area contributed by atoms with E-state index in [4.69, 9.17) is 11.6 Å². The third kappa shape index (κ3) is 3.70. The van der Waals surface area contributed by atoms with Crippen LogP contribution in [0.2, 0.25) is 5.02 Å². The summed E-state index contributed by atoms with van der Waals surface area (Å²) in [6.45, 7) is 1.13. The standard InChI is InChI=1S/C14H17ClN2O2/c15-12-6-4-11(5-7-12)9-16-14(19)13-3-1-2-8-17(13)10-18/h4-7,10,13H,1-3,8-9H2,(H,16,19)/t13-/m0/s1. The minimum Gasteiger partial charge on any atom is -0.350 e. The first-order valence-electron chi connectivity index (χ1n) is 6.44. The molecule has 0 unspecified atom stereocenters. The maximum absolute atomic E-state index is 12.1. The fourth-order valence-corrected chi connectivity index (χ4v) is 2.40. The molecular formula is C14H17ClN2O2. The predicted octanol–water partition coefficient (Wildman–Crippen LogP) is 1.97. The van der Waals surface area contributed by atoms with Gasteiger partial charge < -0.3 is 10.2 Å². The topological polar surface area (TPSA) is 49.4 Å². The summed E-state index contributed by atoms with van der Waals surface area (Å²) in [5.74, 6) is -0.0817. The van der Waals surface area contributed by atoms with Crippen molar-refractivity contribution in [2.24, 2.45) is 0 Å². The van der Waals surface area contributed by atoms with Crippen LogP contribution >= 0.6 is 11.6 Å². The van der Waals surface area contributed by atoms with Crippen molar-refractivity contribution in [1.29, 1.82) is 0 Å². The number of likely N-dealkylation sites (tertiary alicyclic amines) is 1. The third-order valence-corrected chi connectivity index (χ3v) is 3.61. The molecule has 5 heteroatoms. The van der Waals surface area contributed by atoms with Crippen LogP contribution < -0.4 is 5.32 Å². The second-order valence-electron chi connectivity index (χ2n) is 4.70. The number of benzene rings is 1. The quantitative estimate of drug-likeness (QED) is 0.857. The number of carbonyl (C=O) groups excluding carboxylic acids is 2. The van der Waals surface area contributed by atoms with Gasteiger partial charge in [-0.3, -0.25) is 9.59 Å². The van der Waals surface area contributed by atoms with E-state index in [1.165, 1.54) is 0 Å². The Kier molecular flexibility index (Phi) is 4.80. The summed E-state index contributed by atoms with van der Waals surface area (Å²) in [5, 5.41) is 3.55. The van der Waals surface area contributed by atoms with Gasteiger partial charge in [-0.1, -0.05) is 23.7 Å². The number of nitrogens with one attached hydrogen (secondary N) is 1. The lowest BCUT2D eigenvalue weighted by Gasteiger charge is -2.31. The Morgan fingerprint density at radius 2 is 2.11 bits per heavy atom. The van der Waals surface area contributed by atoms with Crippen molar-refractivity contribution in [1.82, 2.24) is 10.2 Å². The van der Waals surface area contributed by atoms with E-state index >= 15 is 0 Å². The van der Waals surface area contributed by atoms with Gasteiger partial charge in [0.1, 0.15) is 6.04 Å². The lowest BCUT2D eigenvalue weighted by Crippen LogP contribution is -2.48. The van der Waals surface area contributed by atoms with Crippen LogP contribution in [0.25, 0.3) is 0 Å². The number of hydrogen-bond donors (Lipinski definition) is 1. The van der Waals surface area contributed by atoms with Crippen LogP contribution in [0, 0.1) is 0 Å². The summed E-state index contributed by atoms with van der Waals surface area (Å²) >= 11 is 5.80. The average molecular weight is 281 g/mol. The van der Waals surface area contributed by atoms with E-state index in [0.717, 1.165) is 31.2 Å². The molecule has 102 valence electrons. The molecule has 0 radical (unpaired) electrons. The van der Waals surface area contributed by atoms with Crippen molar-refractivity contribution in [2.75, 3.05) is 6.54 Å². The van der Waals surface area contributed by atoms with Gasteiger partial charge in [-0.15, -0.1) is 0 Å². The minimum atomic E-state index is -0.321. The van der Waals surface area contributed by atoms with Crippen molar-refractivity contribution in [3.8, 4) is 0 Å². The van der Waals surface area contributed by atoms with E-state index in [-0.39, 0.29) is 11.9 Å². The molecule has 1 aromatic rings. The van der Waals surface area contributed by atoms with E-state index in [0.29, 0.717) is 18.1 Å². The van der Waals surface area contributed by atoms with Gasteiger partial charge >= 0.3 is 0 Å². The number of halogens is 1. The molecule has 19 heavy (non-hydrogen) atoms. The number of hydrogen-bond acceptors (Lipinski definition) is 2. The second-order valence-corrected chi connectivity index (χ2v) is 5.14. The van der Waals surface area contributed by atoms with Gasteiger partial charge in [0.05, 0.1) is 0 Å². The van der Waals surface area contributed by atoms with Gasteiger partial charge in [0.15, 0.2) is 0 Å². The van der Waals surface area contributed by atoms with Crippen molar-refractivity contribution < 1.29 is 9.59 Å². The zero-order chi connectivity index (χ0) is 13.7. The third-order valence-electron chi connectivity index (χ3n) is 3.36. The summed E-state index contributed by atoms with van der Waals surface area (Å²) in [6.07, 6.45) is 3.47. The molecule has 1 saturated heterocycles. The highest BCUT2D eigenvalue weighted by Crippen LogP contribution is 2.15. The van der Waals surface area contributed by atoms with E-state index in [2.05, 4.69) is 5.32 Å². The van der Waals surface area contributed by atoms with Crippen molar-refractivity contribution in [3.05, 3.63) is 34.9 Å². The van der Waals surface area contributed by atoms with Crippen LogP contribution in [0.3, 0.4) is 0 Å². The molecule has 1 aliphatic heterocycles. The molecule has 0 spiro atoms. The average Bonchev–Trinajstić information content (AvgIpc) is 2.46. The molecule has 1 atom stereocenters. The lowest BCUT2D eigenvalue weighted by molar-refractivity contribution is -0.134. The summed E-state index contributed by atoms with van der Waals surface area (Å²) in [7, 11) is 0. The molecule has 1 N–H and O–H groups in total. The highest BCUT2D eigenvalue weighted by Gasteiger charge is 2.27. The molecule has 0 aromatic heterocycles.